The van der Waals surface area contributed by atoms with Crippen LogP contribution in [-0.2, 0) is 10.0 Å². The summed E-state index contributed by atoms with van der Waals surface area (Å²) in [4.78, 5) is 3.81. The molecule has 1 saturated carbocycles. The van der Waals surface area contributed by atoms with E-state index in [0.717, 1.165) is 25.7 Å². The lowest BCUT2D eigenvalue weighted by Gasteiger charge is -2.36. The smallest absolute Gasteiger partial charge is 0.245 e. The second kappa shape index (κ2) is 6.52. The Morgan fingerprint density at radius 2 is 2.19 bits per heavy atom. The lowest BCUT2D eigenvalue weighted by Crippen LogP contribution is -2.46. The number of rotatable bonds is 4. The van der Waals surface area contributed by atoms with Crippen LogP contribution in [0, 0.1) is 17.2 Å². The maximum Gasteiger partial charge on any atom is 0.245 e. The highest BCUT2D eigenvalue weighted by atomic mass is 32.2. The number of hydrogen-bond donors (Lipinski definition) is 1. The summed E-state index contributed by atoms with van der Waals surface area (Å²) in [5.41, 5.74) is 5.72. The second-order valence-corrected chi connectivity index (χ2v) is 7.30. The van der Waals surface area contributed by atoms with E-state index in [9.17, 15) is 8.42 Å². The molecule has 2 unspecified atom stereocenters. The van der Waals surface area contributed by atoms with Crippen LogP contribution in [0.1, 0.15) is 31.4 Å². The van der Waals surface area contributed by atoms with E-state index in [2.05, 4.69) is 4.98 Å². The van der Waals surface area contributed by atoms with Crippen LogP contribution in [0.15, 0.2) is 23.2 Å². The van der Waals surface area contributed by atoms with E-state index in [1.165, 1.54) is 22.6 Å². The van der Waals surface area contributed by atoms with E-state index < -0.39 is 10.0 Å². The SMILES string of the molecule is CN(C1CCCCC1CN)S(=O)(=O)c1cccnc1C#N. The van der Waals surface area contributed by atoms with Crippen molar-refractivity contribution in [3.05, 3.63) is 24.0 Å². The van der Waals surface area contributed by atoms with Gasteiger partial charge in [0.15, 0.2) is 5.69 Å². The van der Waals surface area contributed by atoms with Crippen LogP contribution in [0.25, 0.3) is 0 Å². The van der Waals surface area contributed by atoms with Crippen molar-refractivity contribution in [1.29, 1.82) is 5.26 Å². The van der Waals surface area contributed by atoms with Crippen molar-refractivity contribution in [3.63, 3.8) is 0 Å². The van der Waals surface area contributed by atoms with Crippen LogP contribution in [0.2, 0.25) is 0 Å². The standard InChI is InChI=1S/C14H20N4O2S/c1-18(13-6-3-2-5-11(13)9-15)21(19,20)14-7-4-8-17-12(14)10-16/h4,7-8,11,13H,2-3,5-6,9,15H2,1H3. The molecular weight excluding hydrogens is 288 g/mol. The zero-order valence-electron chi connectivity index (χ0n) is 12.1. The molecule has 1 aromatic heterocycles. The van der Waals surface area contributed by atoms with Crippen LogP contribution >= 0.6 is 0 Å². The maximum absolute atomic E-state index is 12.8. The van der Waals surface area contributed by atoms with Crippen molar-refractivity contribution in [3.8, 4) is 6.07 Å². The largest absolute Gasteiger partial charge is 0.330 e. The summed E-state index contributed by atoms with van der Waals surface area (Å²) in [7, 11) is -2.16. The van der Waals surface area contributed by atoms with E-state index in [1.54, 1.807) is 7.05 Å². The Hall–Kier alpha value is -1.49. The first-order valence-corrected chi connectivity index (χ1v) is 8.49. The highest BCUT2D eigenvalue weighted by Crippen LogP contribution is 2.30. The molecule has 0 radical (unpaired) electrons. The average molecular weight is 308 g/mol. The zero-order chi connectivity index (χ0) is 15.5. The fourth-order valence-corrected chi connectivity index (χ4v) is 4.50. The highest BCUT2D eigenvalue weighted by molar-refractivity contribution is 7.89. The van der Waals surface area contributed by atoms with Crippen LogP contribution in [0.4, 0.5) is 0 Å². The van der Waals surface area contributed by atoms with Gasteiger partial charge in [0.05, 0.1) is 0 Å². The van der Waals surface area contributed by atoms with Gasteiger partial charge < -0.3 is 5.73 Å². The molecule has 0 aromatic carbocycles. The molecule has 1 fully saturated rings. The second-order valence-electron chi connectivity index (χ2n) is 5.33. The van der Waals surface area contributed by atoms with Crippen LogP contribution in [-0.4, -0.2) is 37.3 Å². The number of nitrogens with two attached hydrogens (primary N) is 1. The van der Waals surface area contributed by atoms with Gasteiger partial charge in [-0.25, -0.2) is 13.4 Å². The van der Waals surface area contributed by atoms with Crippen molar-refractivity contribution in [2.75, 3.05) is 13.6 Å². The Balaban J connectivity index is 2.36. The number of hydrogen-bond acceptors (Lipinski definition) is 5. The maximum atomic E-state index is 12.8. The molecule has 1 aromatic rings. The van der Waals surface area contributed by atoms with Crippen LogP contribution in [0.5, 0.6) is 0 Å². The van der Waals surface area contributed by atoms with E-state index in [4.69, 9.17) is 11.0 Å². The quantitative estimate of drug-likeness (QED) is 0.897. The fraction of sp³-hybridized carbons (Fsp3) is 0.571. The predicted molar refractivity (Wildman–Crippen MR) is 78.7 cm³/mol. The minimum Gasteiger partial charge on any atom is -0.330 e. The van der Waals surface area contributed by atoms with Gasteiger partial charge in [-0.3, -0.25) is 0 Å². The van der Waals surface area contributed by atoms with Gasteiger partial charge in [0.25, 0.3) is 0 Å². The average Bonchev–Trinajstić information content (AvgIpc) is 2.53. The number of pyridine rings is 1. The molecule has 1 heterocycles. The molecule has 114 valence electrons. The molecular formula is C14H20N4O2S. The minimum absolute atomic E-state index is 0.0312. The molecule has 0 saturated heterocycles. The van der Waals surface area contributed by atoms with Crippen molar-refractivity contribution in [1.82, 2.24) is 9.29 Å². The van der Waals surface area contributed by atoms with Gasteiger partial charge in [0.1, 0.15) is 11.0 Å². The van der Waals surface area contributed by atoms with Crippen molar-refractivity contribution in [2.45, 2.75) is 36.6 Å². The number of nitriles is 1. The number of sulfonamides is 1. The van der Waals surface area contributed by atoms with Gasteiger partial charge in [-0.05, 0) is 37.4 Å². The predicted octanol–water partition coefficient (Wildman–Crippen LogP) is 1.09. The van der Waals surface area contributed by atoms with Gasteiger partial charge >= 0.3 is 0 Å². The molecule has 2 atom stereocenters. The fourth-order valence-electron chi connectivity index (χ4n) is 2.96. The first-order valence-electron chi connectivity index (χ1n) is 7.05. The van der Waals surface area contributed by atoms with Crippen molar-refractivity contribution >= 4 is 10.0 Å². The van der Waals surface area contributed by atoms with Gasteiger partial charge in [-0.15, -0.1) is 0 Å². The Kier molecular flexibility index (Phi) is 4.93. The van der Waals surface area contributed by atoms with Gasteiger partial charge in [-0.1, -0.05) is 12.8 Å². The van der Waals surface area contributed by atoms with Crippen LogP contribution < -0.4 is 5.73 Å². The topological polar surface area (TPSA) is 100 Å². The lowest BCUT2D eigenvalue weighted by atomic mass is 9.85. The molecule has 21 heavy (non-hydrogen) atoms. The Labute approximate surface area is 125 Å². The molecule has 6 nitrogen and oxygen atoms in total. The molecule has 1 aliphatic rings. The zero-order valence-corrected chi connectivity index (χ0v) is 12.9. The number of nitrogens with zero attached hydrogens (tertiary/aromatic N) is 3. The molecule has 2 rings (SSSR count). The van der Waals surface area contributed by atoms with Crippen molar-refractivity contribution < 1.29 is 8.42 Å². The first-order chi connectivity index (χ1) is 10.0. The summed E-state index contributed by atoms with van der Waals surface area (Å²) in [5.74, 6) is 0.167. The third kappa shape index (κ3) is 3.07. The van der Waals surface area contributed by atoms with Crippen molar-refractivity contribution in [2.24, 2.45) is 11.7 Å². The molecule has 0 bridgehead atoms. The molecule has 0 spiro atoms. The van der Waals surface area contributed by atoms with E-state index in [-0.39, 0.29) is 22.5 Å². The molecule has 2 N–H and O–H groups in total. The molecule has 0 aliphatic heterocycles. The summed E-state index contributed by atoms with van der Waals surface area (Å²) in [6.07, 6.45) is 5.25. The van der Waals surface area contributed by atoms with Gasteiger partial charge in [0, 0.05) is 19.3 Å². The van der Waals surface area contributed by atoms with Gasteiger partial charge in [0.2, 0.25) is 10.0 Å². The molecule has 1 aliphatic carbocycles. The summed E-state index contributed by atoms with van der Waals surface area (Å²) < 4.78 is 26.9. The van der Waals surface area contributed by atoms with Crippen LogP contribution in [0.3, 0.4) is 0 Å². The summed E-state index contributed by atoms with van der Waals surface area (Å²) in [6, 6.07) is 4.69. The monoisotopic (exact) mass is 308 g/mol. The molecule has 0 amide bonds. The Morgan fingerprint density at radius 3 is 2.86 bits per heavy atom. The summed E-state index contributed by atoms with van der Waals surface area (Å²) >= 11 is 0. The Morgan fingerprint density at radius 1 is 1.48 bits per heavy atom. The highest BCUT2D eigenvalue weighted by Gasteiger charge is 2.35. The molecule has 7 heteroatoms. The minimum atomic E-state index is -3.73. The first kappa shape index (κ1) is 15.9. The van der Waals surface area contributed by atoms with E-state index in [1.807, 2.05) is 6.07 Å². The Bertz CT molecular complexity index is 639. The normalized spacial score (nSPS) is 23.0. The third-order valence-electron chi connectivity index (χ3n) is 4.17. The van der Waals surface area contributed by atoms with E-state index >= 15 is 0 Å². The van der Waals surface area contributed by atoms with E-state index in [0.29, 0.717) is 6.54 Å². The summed E-state index contributed by atoms with van der Waals surface area (Å²) in [5, 5.41) is 9.06. The number of aromatic nitrogens is 1. The van der Waals surface area contributed by atoms with Gasteiger partial charge in [-0.2, -0.15) is 9.57 Å². The lowest BCUT2D eigenvalue weighted by molar-refractivity contribution is 0.204. The summed E-state index contributed by atoms with van der Waals surface area (Å²) in [6.45, 7) is 0.475. The third-order valence-corrected chi connectivity index (χ3v) is 6.09.